The van der Waals surface area contributed by atoms with Gasteiger partial charge in [0.15, 0.2) is 0 Å². The van der Waals surface area contributed by atoms with Crippen LogP contribution in [0, 0.1) is 11.8 Å². The van der Waals surface area contributed by atoms with Crippen LogP contribution in [0.1, 0.15) is 12.8 Å². The summed E-state index contributed by atoms with van der Waals surface area (Å²) in [6, 6.07) is 0. The highest BCUT2D eigenvalue weighted by Gasteiger charge is 2.34. The van der Waals surface area contributed by atoms with E-state index < -0.39 is 17.8 Å². The monoisotopic (exact) mass is 225 g/mol. The largest absolute Gasteiger partial charge is 0.481 e. The van der Waals surface area contributed by atoms with Crippen LogP contribution in [-0.2, 0) is 14.3 Å². The normalized spacial score (nSPS) is 32.1. The quantitative estimate of drug-likeness (QED) is 0.528. The number of carboxylic acids is 1. The number of allylic oxidation sites excluding steroid dienone is 2. The zero-order valence-corrected chi connectivity index (χ0v) is 8.89. The van der Waals surface area contributed by atoms with Crippen LogP contribution in [0.25, 0.3) is 0 Å². The van der Waals surface area contributed by atoms with Crippen LogP contribution in [0.2, 0.25) is 0 Å². The second-order valence-corrected chi connectivity index (χ2v) is 4.19. The van der Waals surface area contributed by atoms with Crippen LogP contribution < -0.4 is 5.32 Å². The van der Waals surface area contributed by atoms with E-state index in [1.54, 1.807) is 0 Å². The summed E-state index contributed by atoms with van der Waals surface area (Å²) >= 11 is 0. The Labute approximate surface area is 93.5 Å². The van der Waals surface area contributed by atoms with E-state index in [-0.39, 0.29) is 12.0 Å². The van der Waals surface area contributed by atoms with Gasteiger partial charge in [-0.3, -0.25) is 9.59 Å². The Kier molecular flexibility index (Phi) is 3.24. The summed E-state index contributed by atoms with van der Waals surface area (Å²) in [4.78, 5) is 22.8. The molecule has 1 aliphatic heterocycles. The number of rotatable bonds is 4. The van der Waals surface area contributed by atoms with Crippen molar-refractivity contribution in [1.82, 2.24) is 5.32 Å². The Morgan fingerprint density at radius 1 is 1.31 bits per heavy atom. The second-order valence-electron chi connectivity index (χ2n) is 4.19. The molecule has 0 unspecified atom stereocenters. The van der Waals surface area contributed by atoms with Gasteiger partial charge in [0, 0.05) is 6.54 Å². The molecule has 0 radical (unpaired) electrons. The number of epoxide rings is 1. The van der Waals surface area contributed by atoms with Crippen molar-refractivity contribution < 1.29 is 19.4 Å². The molecule has 1 aliphatic carbocycles. The van der Waals surface area contributed by atoms with Crippen LogP contribution in [0.15, 0.2) is 12.2 Å². The minimum Gasteiger partial charge on any atom is -0.481 e. The first-order valence-corrected chi connectivity index (χ1v) is 5.45. The third-order valence-corrected chi connectivity index (χ3v) is 2.99. The Bertz CT molecular complexity index is 322. The lowest BCUT2D eigenvalue weighted by Gasteiger charge is -2.23. The average molecular weight is 225 g/mol. The molecule has 0 saturated carbocycles. The molecule has 0 spiro atoms. The number of carbonyl (C=O) groups excluding carboxylic acids is 1. The zero-order chi connectivity index (χ0) is 11.5. The van der Waals surface area contributed by atoms with Crippen molar-refractivity contribution in [2.24, 2.45) is 11.8 Å². The minimum atomic E-state index is -0.896. The van der Waals surface area contributed by atoms with Gasteiger partial charge in [-0.15, -0.1) is 0 Å². The molecule has 1 saturated heterocycles. The number of nitrogens with one attached hydrogen (secondary N) is 1. The molecule has 0 aromatic heterocycles. The predicted octanol–water partition coefficient (Wildman–Crippen LogP) is 0.168. The summed E-state index contributed by atoms with van der Waals surface area (Å²) in [6.45, 7) is 1.18. The number of ether oxygens (including phenoxy) is 1. The van der Waals surface area contributed by atoms with Crippen molar-refractivity contribution in [1.29, 1.82) is 0 Å². The Balaban J connectivity index is 1.90. The molecule has 5 nitrogen and oxygen atoms in total. The van der Waals surface area contributed by atoms with Gasteiger partial charge in [-0.25, -0.2) is 0 Å². The molecule has 0 aromatic carbocycles. The fourth-order valence-corrected chi connectivity index (χ4v) is 1.91. The summed E-state index contributed by atoms with van der Waals surface area (Å²) in [7, 11) is 0. The first kappa shape index (κ1) is 11.1. The van der Waals surface area contributed by atoms with Crippen LogP contribution in [0.3, 0.4) is 0 Å². The highest BCUT2D eigenvalue weighted by Crippen LogP contribution is 2.26. The molecule has 0 bridgehead atoms. The van der Waals surface area contributed by atoms with Crippen molar-refractivity contribution in [3.8, 4) is 0 Å². The molecular weight excluding hydrogens is 210 g/mol. The lowest BCUT2D eigenvalue weighted by Crippen LogP contribution is -2.40. The van der Waals surface area contributed by atoms with Gasteiger partial charge in [0.25, 0.3) is 0 Å². The topological polar surface area (TPSA) is 78.9 Å². The van der Waals surface area contributed by atoms with E-state index in [2.05, 4.69) is 5.32 Å². The van der Waals surface area contributed by atoms with Crippen molar-refractivity contribution in [3.63, 3.8) is 0 Å². The maximum atomic E-state index is 11.8. The molecule has 2 rings (SSSR count). The third-order valence-electron chi connectivity index (χ3n) is 2.99. The van der Waals surface area contributed by atoms with E-state index in [0.717, 1.165) is 0 Å². The molecule has 2 N–H and O–H groups in total. The number of hydrogen-bond acceptors (Lipinski definition) is 3. The van der Waals surface area contributed by atoms with Gasteiger partial charge >= 0.3 is 5.97 Å². The fraction of sp³-hybridized carbons (Fsp3) is 0.636. The lowest BCUT2D eigenvalue weighted by atomic mass is 9.82. The molecule has 1 amide bonds. The van der Waals surface area contributed by atoms with Crippen molar-refractivity contribution in [2.45, 2.75) is 18.9 Å². The number of amides is 1. The van der Waals surface area contributed by atoms with Crippen molar-refractivity contribution >= 4 is 11.9 Å². The smallest absolute Gasteiger partial charge is 0.307 e. The number of carboxylic acid groups (broad SMARTS) is 1. The average Bonchev–Trinajstić information content (AvgIpc) is 3.09. The van der Waals surface area contributed by atoms with Gasteiger partial charge in [0.05, 0.1) is 24.5 Å². The highest BCUT2D eigenvalue weighted by atomic mass is 16.6. The molecule has 88 valence electrons. The molecule has 0 aromatic rings. The van der Waals surface area contributed by atoms with E-state index in [9.17, 15) is 9.59 Å². The number of carbonyl (C=O) groups is 2. The summed E-state index contributed by atoms with van der Waals surface area (Å²) in [6.07, 6.45) is 4.78. The van der Waals surface area contributed by atoms with Crippen LogP contribution >= 0.6 is 0 Å². The Morgan fingerprint density at radius 2 is 1.94 bits per heavy atom. The van der Waals surface area contributed by atoms with Gasteiger partial charge in [-0.2, -0.15) is 0 Å². The molecular formula is C11H15NO4. The molecule has 5 heteroatoms. The summed E-state index contributed by atoms with van der Waals surface area (Å²) < 4.78 is 4.98. The van der Waals surface area contributed by atoms with Crippen LogP contribution in [0.5, 0.6) is 0 Å². The minimum absolute atomic E-state index is 0.131. The van der Waals surface area contributed by atoms with Crippen LogP contribution in [-0.4, -0.2) is 36.2 Å². The molecule has 1 fully saturated rings. The highest BCUT2D eigenvalue weighted by molar-refractivity contribution is 5.85. The Hall–Kier alpha value is -1.36. The maximum Gasteiger partial charge on any atom is 0.307 e. The van der Waals surface area contributed by atoms with E-state index in [0.29, 0.717) is 26.0 Å². The standard InChI is InChI=1S/C11H15NO4/c13-10(12-5-7-6-16-7)8-3-1-2-4-9(8)11(14)15/h1-2,7-9H,3-6H2,(H,12,13)(H,14,15)/t7-,8-,9-/m1/s1. The number of hydrogen-bond donors (Lipinski definition) is 2. The van der Waals surface area contributed by atoms with E-state index in [1.807, 2.05) is 12.2 Å². The van der Waals surface area contributed by atoms with Gasteiger partial charge in [0.1, 0.15) is 0 Å². The fourth-order valence-electron chi connectivity index (χ4n) is 1.91. The van der Waals surface area contributed by atoms with E-state index in [4.69, 9.17) is 9.84 Å². The zero-order valence-electron chi connectivity index (χ0n) is 8.89. The van der Waals surface area contributed by atoms with E-state index >= 15 is 0 Å². The molecule has 1 heterocycles. The van der Waals surface area contributed by atoms with Gasteiger partial charge in [0.2, 0.25) is 5.91 Å². The summed E-state index contributed by atoms with van der Waals surface area (Å²) in [5.74, 6) is -2.11. The molecule has 2 aliphatic rings. The van der Waals surface area contributed by atoms with Crippen molar-refractivity contribution in [2.75, 3.05) is 13.2 Å². The van der Waals surface area contributed by atoms with Gasteiger partial charge < -0.3 is 15.2 Å². The molecule has 3 atom stereocenters. The maximum absolute atomic E-state index is 11.8. The first-order chi connectivity index (χ1) is 7.68. The van der Waals surface area contributed by atoms with Crippen molar-refractivity contribution in [3.05, 3.63) is 12.2 Å². The molecule has 16 heavy (non-hydrogen) atoms. The van der Waals surface area contributed by atoms with Gasteiger partial charge in [-0.05, 0) is 12.8 Å². The second kappa shape index (κ2) is 4.65. The first-order valence-electron chi connectivity index (χ1n) is 5.45. The third kappa shape index (κ3) is 2.61. The number of aliphatic carboxylic acids is 1. The van der Waals surface area contributed by atoms with Gasteiger partial charge in [-0.1, -0.05) is 12.2 Å². The Morgan fingerprint density at radius 3 is 2.50 bits per heavy atom. The van der Waals surface area contributed by atoms with Crippen LogP contribution in [0.4, 0.5) is 0 Å². The summed E-state index contributed by atoms with van der Waals surface area (Å²) in [5.41, 5.74) is 0. The lowest BCUT2D eigenvalue weighted by molar-refractivity contribution is -0.147. The summed E-state index contributed by atoms with van der Waals surface area (Å²) in [5, 5.41) is 11.7. The predicted molar refractivity (Wildman–Crippen MR) is 55.7 cm³/mol. The SMILES string of the molecule is O=C(O)[C@@H]1CC=CC[C@H]1C(=O)NC[C@@H]1CO1. The van der Waals surface area contributed by atoms with E-state index in [1.165, 1.54) is 0 Å².